The fourth-order valence-corrected chi connectivity index (χ4v) is 1.92. The standard InChI is InChI=1S/C12H15BrF3N/c1-11(2,3)10(17)8-6-7(12(14,15)16)4-5-9(8)13/h4-6,10H,17H2,1-3H3/t10-/m1/s1. The number of nitrogens with two attached hydrogens (primary N) is 1. The number of halogens is 4. The third-order valence-corrected chi connectivity index (χ3v) is 3.31. The highest BCUT2D eigenvalue weighted by Gasteiger charge is 2.32. The Kier molecular flexibility index (Phi) is 3.94. The van der Waals surface area contributed by atoms with Crippen molar-refractivity contribution in [3.63, 3.8) is 0 Å². The van der Waals surface area contributed by atoms with Crippen LogP contribution in [-0.2, 0) is 6.18 Å². The molecule has 0 heterocycles. The predicted molar refractivity (Wildman–Crippen MR) is 65.5 cm³/mol. The molecule has 0 saturated carbocycles. The van der Waals surface area contributed by atoms with E-state index < -0.39 is 17.8 Å². The van der Waals surface area contributed by atoms with Gasteiger partial charge in [0, 0.05) is 10.5 Å². The molecule has 0 bridgehead atoms. The molecule has 1 atom stereocenters. The van der Waals surface area contributed by atoms with Gasteiger partial charge in [-0.3, -0.25) is 0 Å². The molecule has 0 aromatic heterocycles. The molecule has 17 heavy (non-hydrogen) atoms. The van der Waals surface area contributed by atoms with Gasteiger partial charge in [0.1, 0.15) is 0 Å². The Morgan fingerprint density at radius 3 is 2.12 bits per heavy atom. The molecule has 1 aromatic rings. The van der Waals surface area contributed by atoms with Gasteiger partial charge in [0.25, 0.3) is 0 Å². The predicted octanol–water partition coefficient (Wildman–Crippen LogP) is 4.51. The van der Waals surface area contributed by atoms with Gasteiger partial charge in [0.2, 0.25) is 0 Å². The van der Waals surface area contributed by atoms with Gasteiger partial charge in [0.15, 0.2) is 0 Å². The molecule has 1 aromatic carbocycles. The molecule has 0 spiro atoms. The molecule has 0 fully saturated rings. The van der Waals surface area contributed by atoms with Crippen molar-refractivity contribution in [1.29, 1.82) is 0 Å². The van der Waals surface area contributed by atoms with E-state index in [-0.39, 0.29) is 5.41 Å². The van der Waals surface area contributed by atoms with Crippen molar-refractivity contribution in [2.75, 3.05) is 0 Å². The summed E-state index contributed by atoms with van der Waals surface area (Å²) in [5, 5.41) is 0. The summed E-state index contributed by atoms with van der Waals surface area (Å²) in [4.78, 5) is 0. The summed E-state index contributed by atoms with van der Waals surface area (Å²) in [6.07, 6.45) is -4.34. The largest absolute Gasteiger partial charge is 0.416 e. The molecule has 96 valence electrons. The Bertz CT molecular complexity index is 407. The highest BCUT2D eigenvalue weighted by atomic mass is 79.9. The monoisotopic (exact) mass is 309 g/mol. The van der Waals surface area contributed by atoms with Crippen LogP contribution < -0.4 is 5.73 Å². The SMILES string of the molecule is CC(C)(C)[C@H](N)c1cc(C(F)(F)F)ccc1Br. The van der Waals surface area contributed by atoms with Gasteiger partial charge in [-0.2, -0.15) is 13.2 Å². The van der Waals surface area contributed by atoms with E-state index in [1.165, 1.54) is 6.07 Å². The first kappa shape index (κ1) is 14.5. The maximum atomic E-state index is 12.6. The molecule has 1 rings (SSSR count). The lowest BCUT2D eigenvalue weighted by atomic mass is 9.82. The smallest absolute Gasteiger partial charge is 0.323 e. The highest BCUT2D eigenvalue weighted by molar-refractivity contribution is 9.10. The highest BCUT2D eigenvalue weighted by Crippen LogP contribution is 2.38. The molecule has 1 nitrogen and oxygen atoms in total. The zero-order valence-corrected chi connectivity index (χ0v) is 11.5. The minimum absolute atomic E-state index is 0.299. The van der Waals surface area contributed by atoms with Crippen LogP contribution in [0.15, 0.2) is 22.7 Å². The molecule has 0 amide bonds. The van der Waals surface area contributed by atoms with Crippen LogP contribution >= 0.6 is 15.9 Å². The molecule has 0 aliphatic heterocycles. The van der Waals surface area contributed by atoms with E-state index in [2.05, 4.69) is 15.9 Å². The zero-order chi connectivity index (χ0) is 13.4. The Labute approximate surface area is 107 Å². The van der Waals surface area contributed by atoms with Crippen molar-refractivity contribution in [3.8, 4) is 0 Å². The molecule has 5 heteroatoms. The molecule has 0 unspecified atom stereocenters. The lowest BCUT2D eigenvalue weighted by Gasteiger charge is -2.28. The molecule has 0 aliphatic rings. The lowest BCUT2D eigenvalue weighted by molar-refractivity contribution is -0.137. The molecular formula is C12H15BrF3N. The summed E-state index contributed by atoms with van der Waals surface area (Å²) in [5.74, 6) is 0. The third-order valence-electron chi connectivity index (χ3n) is 2.59. The van der Waals surface area contributed by atoms with E-state index >= 15 is 0 Å². The van der Waals surface area contributed by atoms with Gasteiger partial charge in [-0.15, -0.1) is 0 Å². The quantitative estimate of drug-likeness (QED) is 0.811. The number of rotatable bonds is 1. The summed E-state index contributed by atoms with van der Waals surface area (Å²) >= 11 is 3.24. The number of hydrogen-bond donors (Lipinski definition) is 1. The number of alkyl halides is 3. The molecule has 0 radical (unpaired) electrons. The fraction of sp³-hybridized carbons (Fsp3) is 0.500. The Balaban J connectivity index is 3.25. The first-order chi connectivity index (χ1) is 7.53. The van der Waals surface area contributed by atoms with Crippen molar-refractivity contribution in [2.45, 2.75) is 33.0 Å². The van der Waals surface area contributed by atoms with Gasteiger partial charge in [-0.05, 0) is 29.2 Å². The number of benzene rings is 1. The topological polar surface area (TPSA) is 26.0 Å². The maximum absolute atomic E-state index is 12.6. The van der Waals surface area contributed by atoms with E-state index in [9.17, 15) is 13.2 Å². The van der Waals surface area contributed by atoms with Crippen molar-refractivity contribution < 1.29 is 13.2 Å². The summed E-state index contributed by atoms with van der Waals surface area (Å²) in [7, 11) is 0. The van der Waals surface area contributed by atoms with E-state index in [1.54, 1.807) is 0 Å². The first-order valence-electron chi connectivity index (χ1n) is 5.15. The van der Waals surface area contributed by atoms with Crippen LogP contribution in [0.3, 0.4) is 0 Å². The molecule has 0 saturated heterocycles. The van der Waals surface area contributed by atoms with Gasteiger partial charge in [-0.1, -0.05) is 36.7 Å². The second kappa shape index (κ2) is 4.61. The molecule has 2 N–H and O–H groups in total. The summed E-state index contributed by atoms with van der Waals surface area (Å²) in [6, 6.07) is 3.09. The summed E-state index contributed by atoms with van der Waals surface area (Å²) < 4.78 is 38.4. The summed E-state index contributed by atoms with van der Waals surface area (Å²) in [6.45, 7) is 5.68. The normalized spacial score (nSPS) is 14.8. The van der Waals surface area contributed by atoms with Crippen LogP contribution in [0.4, 0.5) is 13.2 Å². The minimum Gasteiger partial charge on any atom is -0.323 e. The second-order valence-corrected chi connectivity index (χ2v) is 5.93. The van der Waals surface area contributed by atoms with Gasteiger partial charge in [-0.25, -0.2) is 0 Å². The van der Waals surface area contributed by atoms with Crippen LogP contribution in [-0.4, -0.2) is 0 Å². The third kappa shape index (κ3) is 3.45. The Morgan fingerprint density at radius 2 is 1.71 bits per heavy atom. The molecular weight excluding hydrogens is 295 g/mol. The van der Waals surface area contributed by atoms with Crippen molar-refractivity contribution in [2.24, 2.45) is 11.1 Å². The average Bonchev–Trinajstić information content (AvgIpc) is 2.14. The van der Waals surface area contributed by atoms with E-state index in [0.29, 0.717) is 10.0 Å². The summed E-state index contributed by atoms with van der Waals surface area (Å²) in [5.41, 5.74) is 5.50. The van der Waals surface area contributed by atoms with Crippen LogP contribution in [0.2, 0.25) is 0 Å². The van der Waals surface area contributed by atoms with Crippen LogP contribution in [0, 0.1) is 5.41 Å². The fourth-order valence-electron chi connectivity index (χ4n) is 1.42. The Hall–Kier alpha value is -0.550. The lowest BCUT2D eigenvalue weighted by Crippen LogP contribution is -2.27. The zero-order valence-electron chi connectivity index (χ0n) is 9.90. The van der Waals surface area contributed by atoms with Crippen LogP contribution in [0.25, 0.3) is 0 Å². The van der Waals surface area contributed by atoms with Crippen LogP contribution in [0.1, 0.15) is 37.9 Å². The average molecular weight is 310 g/mol. The second-order valence-electron chi connectivity index (χ2n) is 5.08. The van der Waals surface area contributed by atoms with Crippen molar-refractivity contribution >= 4 is 15.9 Å². The first-order valence-corrected chi connectivity index (χ1v) is 5.95. The van der Waals surface area contributed by atoms with Crippen LogP contribution in [0.5, 0.6) is 0 Å². The molecule has 0 aliphatic carbocycles. The minimum atomic E-state index is -4.34. The van der Waals surface area contributed by atoms with E-state index in [1.807, 2.05) is 20.8 Å². The maximum Gasteiger partial charge on any atom is 0.416 e. The van der Waals surface area contributed by atoms with Gasteiger partial charge >= 0.3 is 6.18 Å². The van der Waals surface area contributed by atoms with Gasteiger partial charge in [0.05, 0.1) is 5.56 Å². The van der Waals surface area contributed by atoms with E-state index in [0.717, 1.165) is 12.1 Å². The van der Waals surface area contributed by atoms with E-state index in [4.69, 9.17) is 5.73 Å². The van der Waals surface area contributed by atoms with Crippen molar-refractivity contribution in [1.82, 2.24) is 0 Å². The Morgan fingerprint density at radius 1 is 1.18 bits per heavy atom. The number of hydrogen-bond acceptors (Lipinski definition) is 1. The van der Waals surface area contributed by atoms with Crippen molar-refractivity contribution in [3.05, 3.63) is 33.8 Å². The van der Waals surface area contributed by atoms with Gasteiger partial charge < -0.3 is 5.73 Å².